The molecule has 1 aliphatic rings. The number of hydrogen-bond acceptors (Lipinski definition) is 6. The Hall–Kier alpha value is -2.06. The predicted molar refractivity (Wildman–Crippen MR) is 100 cm³/mol. The largest absolute Gasteiger partial charge is 0.322 e. The summed E-state index contributed by atoms with van der Waals surface area (Å²) < 4.78 is 0. The first-order valence-electron chi connectivity index (χ1n) is 7.75. The van der Waals surface area contributed by atoms with Crippen molar-refractivity contribution in [1.82, 2.24) is 20.6 Å². The summed E-state index contributed by atoms with van der Waals surface area (Å²) in [5.74, 6) is 2.33. The lowest BCUT2D eigenvalue weighted by atomic mass is 10.1. The number of carbonyl (C=O) groups excluding carboxylic acids is 2. The molecule has 0 aliphatic carbocycles. The van der Waals surface area contributed by atoms with E-state index in [0.29, 0.717) is 11.5 Å². The number of nitrogens with zero attached hydrogens (tertiary/aromatic N) is 2. The number of thioether (sulfide) groups is 2. The van der Waals surface area contributed by atoms with Crippen molar-refractivity contribution in [1.29, 1.82) is 0 Å². The Bertz CT molecular complexity index is 682. The van der Waals surface area contributed by atoms with Gasteiger partial charge in [0.05, 0.1) is 0 Å². The lowest BCUT2D eigenvalue weighted by Gasteiger charge is -2.25. The van der Waals surface area contributed by atoms with Gasteiger partial charge < -0.3 is 5.32 Å². The number of hydrogen-bond donors (Lipinski definition) is 2. The van der Waals surface area contributed by atoms with Crippen LogP contribution < -0.4 is 10.6 Å². The molecule has 0 saturated carbocycles. The molecule has 0 spiro atoms. The number of rotatable bonds is 8. The smallest absolute Gasteiger partial charge is 0.322 e. The van der Waals surface area contributed by atoms with Gasteiger partial charge in [0.25, 0.3) is 5.91 Å². The lowest BCUT2D eigenvalue weighted by Crippen LogP contribution is -2.51. The summed E-state index contributed by atoms with van der Waals surface area (Å²) in [5, 5.41) is 5.19. The normalized spacial score (nSPS) is 15.7. The number of imide groups is 1. The average Bonchev–Trinajstić information content (AvgIpc) is 2.90. The summed E-state index contributed by atoms with van der Waals surface area (Å²) in [6.45, 7) is 0. The van der Waals surface area contributed by atoms with E-state index in [2.05, 4.69) is 20.6 Å². The Kier molecular flexibility index (Phi) is 5.93. The van der Waals surface area contributed by atoms with E-state index in [9.17, 15) is 9.59 Å². The standard InChI is InChI=1S/C17H18N4O2S2/c22-15-17(21-16(23)20-15,11-24-9-13-1-5-18-6-2-13)12-25-10-14-3-7-19-8-4-14/h1-8H,9-12H2,(H2,20,21,22,23). The minimum Gasteiger partial charge on any atom is -0.322 e. The molecular weight excluding hydrogens is 356 g/mol. The first-order valence-corrected chi connectivity index (χ1v) is 10.1. The molecule has 0 aromatic carbocycles. The van der Waals surface area contributed by atoms with E-state index in [-0.39, 0.29) is 5.91 Å². The minimum atomic E-state index is -0.869. The molecule has 1 aliphatic heterocycles. The Balaban J connectivity index is 1.58. The van der Waals surface area contributed by atoms with Gasteiger partial charge in [0, 0.05) is 47.8 Å². The Morgan fingerprint density at radius 2 is 1.32 bits per heavy atom. The number of nitrogens with one attached hydrogen (secondary N) is 2. The van der Waals surface area contributed by atoms with Gasteiger partial charge in [-0.05, 0) is 35.4 Å². The van der Waals surface area contributed by atoms with Crippen LogP contribution in [0.5, 0.6) is 0 Å². The van der Waals surface area contributed by atoms with Gasteiger partial charge in [-0.2, -0.15) is 23.5 Å². The van der Waals surface area contributed by atoms with Crippen molar-refractivity contribution in [2.24, 2.45) is 0 Å². The van der Waals surface area contributed by atoms with Crippen LogP contribution in [0.15, 0.2) is 49.1 Å². The van der Waals surface area contributed by atoms with E-state index in [1.54, 1.807) is 48.3 Å². The molecule has 130 valence electrons. The van der Waals surface area contributed by atoms with Crippen LogP contribution in [0.25, 0.3) is 0 Å². The highest BCUT2D eigenvalue weighted by molar-refractivity contribution is 7.99. The predicted octanol–water partition coefficient (Wildman–Crippen LogP) is 2.22. The second-order valence-corrected chi connectivity index (χ2v) is 7.66. The molecule has 25 heavy (non-hydrogen) atoms. The van der Waals surface area contributed by atoms with E-state index < -0.39 is 11.6 Å². The topological polar surface area (TPSA) is 84.0 Å². The lowest BCUT2D eigenvalue weighted by molar-refractivity contribution is -0.122. The van der Waals surface area contributed by atoms with Crippen molar-refractivity contribution in [2.45, 2.75) is 17.0 Å². The van der Waals surface area contributed by atoms with Crippen molar-refractivity contribution in [3.63, 3.8) is 0 Å². The molecule has 3 rings (SSSR count). The molecule has 1 saturated heterocycles. The van der Waals surface area contributed by atoms with Crippen molar-refractivity contribution in [3.8, 4) is 0 Å². The number of amides is 3. The van der Waals surface area contributed by atoms with Gasteiger partial charge in [-0.15, -0.1) is 0 Å². The molecule has 0 radical (unpaired) electrons. The summed E-state index contributed by atoms with van der Waals surface area (Å²) in [4.78, 5) is 32.0. The molecule has 0 atom stereocenters. The van der Waals surface area contributed by atoms with Gasteiger partial charge in [-0.25, -0.2) is 4.79 Å². The fraction of sp³-hybridized carbons (Fsp3) is 0.294. The summed E-state index contributed by atoms with van der Waals surface area (Å²) in [6.07, 6.45) is 7.00. The summed E-state index contributed by atoms with van der Waals surface area (Å²) >= 11 is 3.26. The fourth-order valence-corrected chi connectivity index (χ4v) is 4.91. The van der Waals surface area contributed by atoms with E-state index in [1.165, 1.54) is 0 Å². The Morgan fingerprint density at radius 3 is 1.72 bits per heavy atom. The Labute approximate surface area is 154 Å². The van der Waals surface area contributed by atoms with Crippen molar-refractivity contribution < 1.29 is 9.59 Å². The molecule has 2 aromatic rings. The van der Waals surface area contributed by atoms with Gasteiger partial charge in [-0.3, -0.25) is 20.1 Å². The van der Waals surface area contributed by atoms with Gasteiger partial charge in [0.1, 0.15) is 5.54 Å². The molecule has 0 unspecified atom stereocenters. The summed E-state index contributed by atoms with van der Waals surface area (Å²) in [7, 11) is 0. The molecule has 2 N–H and O–H groups in total. The van der Waals surface area contributed by atoms with Gasteiger partial charge in [0.2, 0.25) is 0 Å². The van der Waals surface area contributed by atoms with Crippen LogP contribution >= 0.6 is 23.5 Å². The van der Waals surface area contributed by atoms with E-state index in [1.807, 2.05) is 24.3 Å². The molecule has 2 aromatic heterocycles. The van der Waals surface area contributed by atoms with E-state index in [0.717, 1.165) is 22.6 Å². The highest BCUT2D eigenvalue weighted by Gasteiger charge is 2.45. The van der Waals surface area contributed by atoms with Crippen LogP contribution in [-0.2, 0) is 16.3 Å². The maximum atomic E-state index is 12.4. The fourth-order valence-electron chi connectivity index (χ4n) is 2.42. The summed E-state index contributed by atoms with van der Waals surface area (Å²) in [5.41, 5.74) is 1.42. The maximum Gasteiger partial charge on any atom is 0.322 e. The average molecular weight is 374 g/mol. The molecule has 1 fully saturated rings. The third kappa shape index (κ3) is 4.73. The van der Waals surface area contributed by atoms with E-state index in [4.69, 9.17) is 0 Å². The molecule has 3 amide bonds. The molecule has 8 heteroatoms. The molecule has 3 heterocycles. The highest BCUT2D eigenvalue weighted by atomic mass is 32.2. The molecule has 0 bridgehead atoms. The van der Waals surface area contributed by atoms with Crippen LogP contribution in [0, 0.1) is 0 Å². The first kappa shape index (κ1) is 17.8. The number of aromatic nitrogens is 2. The van der Waals surface area contributed by atoms with Crippen molar-refractivity contribution in [3.05, 3.63) is 60.2 Å². The quantitative estimate of drug-likeness (QED) is 0.690. The van der Waals surface area contributed by atoms with Crippen LogP contribution in [0.3, 0.4) is 0 Å². The van der Waals surface area contributed by atoms with Crippen LogP contribution in [0.2, 0.25) is 0 Å². The van der Waals surface area contributed by atoms with Crippen molar-refractivity contribution >= 4 is 35.5 Å². The third-order valence-electron chi connectivity index (χ3n) is 3.75. The Morgan fingerprint density at radius 1 is 0.840 bits per heavy atom. The number of urea groups is 1. The van der Waals surface area contributed by atoms with Gasteiger partial charge in [-0.1, -0.05) is 0 Å². The zero-order chi connectivity index (χ0) is 17.5. The van der Waals surface area contributed by atoms with Crippen LogP contribution in [0.4, 0.5) is 4.79 Å². The van der Waals surface area contributed by atoms with Gasteiger partial charge >= 0.3 is 6.03 Å². The highest BCUT2D eigenvalue weighted by Crippen LogP contribution is 2.26. The summed E-state index contributed by atoms with van der Waals surface area (Å²) in [6, 6.07) is 7.38. The van der Waals surface area contributed by atoms with Gasteiger partial charge in [0.15, 0.2) is 0 Å². The zero-order valence-corrected chi connectivity index (χ0v) is 15.1. The number of pyridine rings is 2. The molecular formula is C17H18N4O2S2. The maximum absolute atomic E-state index is 12.4. The second kappa shape index (κ2) is 8.35. The second-order valence-electron chi connectivity index (χ2n) is 5.69. The zero-order valence-electron chi connectivity index (χ0n) is 13.5. The monoisotopic (exact) mass is 374 g/mol. The number of carbonyl (C=O) groups is 2. The van der Waals surface area contributed by atoms with Crippen LogP contribution in [-0.4, -0.2) is 39.0 Å². The molecule has 6 nitrogen and oxygen atoms in total. The minimum absolute atomic E-state index is 0.248. The van der Waals surface area contributed by atoms with E-state index >= 15 is 0 Å². The SMILES string of the molecule is O=C1NC(=O)C(CSCc2ccncc2)(CSCc2ccncc2)N1. The first-order chi connectivity index (χ1) is 12.2. The van der Waals surface area contributed by atoms with Crippen molar-refractivity contribution in [2.75, 3.05) is 11.5 Å². The third-order valence-corrected chi connectivity index (χ3v) is 6.22. The van der Waals surface area contributed by atoms with Crippen LogP contribution in [0.1, 0.15) is 11.1 Å².